The second kappa shape index (κ2) is 7.84. The number of anilines is 1. The monoisotopic (exact) mass is 410 g/mol. The van der Waals surface area contributed by atoms with Crippen LogP contribution in [0.25, 0.3) is 11.0 Å². The van der Waals surface area contributed by atoms with Crippen LogP contribution >= 0.6 is 11.8 Å². The van der Waals surface area contributed by atoms with Crippen molar-refractivity contribution in [3.8, 4) is 0 Å². The molecule has 0 unspecified atom stereocenters. The van der Waals surface area contributed by atoms with Crippen LogP contribution in [0.1, 0.15) is 11.3 Å². The highest BCUT2D eigenvalue weighted by Crippen LogP contribution is 2.22. The molecule has 152 valence electrons. The summed E-state index contributed by atoms with van der Waals surface area (Å²) >= 11 is 1.88. The van der Waals surface area contributed by atoms with Gasteiger partial charge in [0, 0.05) is 58.0 Å². The molecule has 0 saturated carbocycles. The first-order valence-corrected chi connectivity index (χ1v) is 11.4. The van der Waals surface area contributed by atoms with Crippen LogP contribution in [0, 0.1) is 0 Å². The van der Waals surface area contributed by atoms with E-state index in [1.807, 2.05) is 17.8 Å². The smallest absolute Gasteiger partial charge is 0.267 e. The molecule has 1 fully saturated rings. The first kappa shape index (κ1) is 18.7. The van der Waals surface area contributed by atoms with Crippen LogP contribution in [0.4, 0.5) is 5.95 Å². The number of aromatic nitrogens is 4. The maximum absolute atomic E-state index is 12.4. The SMILES string of the molecule is Cn1c(N2CCN(CCn3nc4c(cc3=O)CSCC4)CC2)nc2ccccc21. The van der Waals surface area contributed by atoms with Crippen LogP contribution in [0.2, 0.25) is 0 Å². The Balaban J connectivity index is 1.21. The number of hydrogen-bond acceptors (Lipinski definition) is 6. The van der Waals surface area contributed by atoms with Crippen molar-refractivity contribution in [3.63, 3.8) is 0 Å². The molecule has 0 N–H and O–H groups in total. The molecule has 0 amide bonds. The van der Waals surface area contributed by atoms with Gasteiger partial charge in [-0.15, -0.1) is 0 Å². The van der Waals surface area contributed by atoms with Gasteiger partial charge in [-0.1, -0.05) is 12.1 Å². The van der Waals surface area contributed by atoms with Gasteiger partial charge in [0.15, 0.2) is 0 Å². The number of imidazole rings is 1. The Morgan fingerprint density at radius 3 is 2.76 bits per heavy atom. The van der Waals surface area contributed by atoms with Crippen LogP contribution in [-0.2, 0) is 25.8 Å². The molecule has 0 bridgehead atoms. The Morgan fingerprint density at radius 1 is 1.10 bits per heavy atom. The van der Waals surface area contributed by atoms with E-state index in [9.17, 15) is 4.79 Å². The highest BCUT2D eigenvalue weighted by atomic mass is 32.2. The number of benzene rings is 1. The number of nitrogens with zero attached hydrogens (tertiary/aromatic N) is 6. The third kappa shape index (κ3) is 3.67. The van der Waals surface area contributed by atoms with E-state index in [1.54, 1.807) is 10.7 Å². The molecule has 2 aliphatic rings. The Bertz CT molecular complexity index is 1080. The number of piperazine rings is 1. The largest absolute Gasteiger partial charge is 0.340 e. The fraction of sp³-hybridized carbons (Fsp3) is 0.476. The van der Waals surface area contributed by atoms with E-state index in [0.717, 1.165) is 73.4 Å². The zero-order valence-corrected chi connectivity index (χ0v) is 17.6. The molecule has 0 radical (unpaired) electrons. The molecule has 0 atom stereocenters. The molecule has 4 heterocycles. The second-order valence-electron chi connectivity index (χ2n) is 7.77. The summed E-state index contributed by atoms with van der Waals surface area (Å²) < 4.78 is 3.84. The minimum atomic E-state index is 0.0320. The molecule has 2 aliphatic heterocycles. The van der Waals surface area contributed by atoms with Gasteiger partial charge in [0.2, 0.25) is 5.95 Å². The lowest BCUT2D eigenvalue weighted by molar-refractivity contribution is 0.241. The van der Waals surface area contributed by atoms with Gasteiger partial charge in [-0.25, -0.2) is 9.67 Å². The summed E-state index contributed by atoms with van der Waals surface area (Å²) in [5.41, 5.74) is 4.48. The average Bonchev–Trinajstić information content (AvgIpc) is 3.09. The van der Waals surface area contributed by atoms with E-state index in [4.69, 9.17) is 4.98 Å². The molecule has 5 rings (SSSR count). The summed E-state index contributed by atoms with van der Waals surface area (Å²) in [4.78, 5) is 22.0. The van der Waals surface area contributed by atoms with E-state index >= 15 is 0 Å². The molecule has 1 aromatic carbocycles. The molecule has 8 heteroatoms. The standard InChI is InChI=1S/C21H26N6OS/c1-24-19-5-3-2-4-18(19)22-21(24)26-10-7-25(8-11-26)9-12-27-20(28)14-16-15-29-13-6-17(16)23-27/h2-5,14H,6-13,15H2,1H3. The van der Waals surface area contributed by atoms with Crippen LogP contribution in [0.5, 0.6) is 0 Å². The Hall–Kier alpha value is -2.32. The van der Waals surface area contributed by atoms with Gasteiger partial charge in [-0.05, 0) is 23.4 Å². The summed E-state index contributed by atoms with van der Waals surface area (Å²) in [7, 11) is 2.09. The predicted octanol–water partition coefficient (Wildman–Crippen LogP) is 1.74. The number of rotatable bonds is 4. The second-order valence-corrected chi connectivity index (χ2v) is 8.87. The first-order valence-electron chi connectivity index (χ1n) is 10.3. The highest BCUT2D eigenvalue weighted by molar-refractivity contribution is 7.98. The lowest BCUT2D eigenvalue weighted by atomic mass is 10.2. The first-order chi connectivity index (χ1) is 14.2. The quantitative estimate of drug-likeness (QED) is 0.653. The molecule has 0 aliphatic carbocycles. The fourth-order valence-electron chi connectivity index (χ4n) is 4.24. The average molecular weight is 411 g/mol. The maximum Gasteiger partial charge on any atom is 0.267 e. The molecule has 29 heavy (non-hydrogen) atoms. The van der Waals surface area contributed by atoms with Crippen LogP contribution in [0.3, 0.4) is 0 Å². The van der Waals surface area contributed by atoms with Crippen LogP contribution < -0.4 is 10.5 Å². The molecule has 7 nitrogen and oxygen atoms in total. The minimum absolute atomic E-state index is 0.0320. The number of fused-ring (bicyclic) bond motifs is 2. The van der Waals surface area contributed by atoms with Gasteiger partial charge >= 0.3 is 0 Å². The predicted molar refractivity (Wildman–Crippen MR) is 118 cm³/mol. The molecular formula is C21H26N6OS. The van der Waals surface area contributed by atoms with E-state index in [-0.39, 0.29) is 5.56 Å². The number of para-hydroxylation sites is 2. The topological polar surface area (TPSA) is 59.2 Å². The van der Waals surface area contributed by atoms with Crippen molar-refractivity contribution < 1.29 is 0 Å². The Morgan fingerprint density at radius 2 is 1.93 bits per heavy atom. The maximum atomic E-state index is 12.4. The van der Waals surface area contributed by atoms with Crippen LogP contribution in [-0.4, -0.2) is 62.7 Å². The van der Waals surface area contributed by atoms with Crippen molar-refractivity contribution >= 4 is 28.7 Å². The summed E-state index contributed by atoms with van der Waals surface area (Å²) in [5.74, 6) is 3.06. The van der Waals surface area contributed by atoms with Crippen molar-refractivity contribution in [1.82, 2.24) is 24.2 Å². The van der Waals surface area contributed by atoms with Crippen molar-refractivity contribution in [2.24, 2.45) is 7.05 Å². The summed E-state index contributed by atoms with van der Waals surface area (Å²) in [6.45, 7) is 5.35. The zero-order chi connectivity index (χ0) is 19.8. The van der Waals surface area contributed by atoms with Gasteiger partial charge < -0.3 is 9.47 Å². The zero-order valence-electron chi connectivity index (χ0n) is 16.8. The van der Waals surface area contributed by atoms with E-state index in [0.29, 0.717) is 6.54 Å². The normalized spacial score (nSPS) is 17.6. The Kier molecular flexibility index (Phi) is 5.05. The minimum Gasteiger partial charge on any atom is -0.340 e. The third-order valence-corrected chi connectivity index (χ3v) is 6.96. The van der Waals surface area contributed by atoms with Crippen molar-refractivity contribution in [3.05, 3.63) is 51.9 Å². The lowest BCUT2D eigenvalue weighted by Crippen LogP contribution is -2.48. The van der Waals surface area contributed by atoms with Crippen molar-refractivity contribution in [2.75, 3.05) is 43.4 Å². The third-order valence-electron chi connectivity index (χ3n) is 5.95. The molecular weight excluding hydrogens is 384 g/mol. The number of hydrogen-bond donors (Lipinski definition) is 0. The van der Waals surface area contributed by atoms with Gasteiger partial charge in [0.25, 0.3) is 5.56 Å². The number of thioether (sulfide) groups is 1. The molecule has 0 spiro atoms. The van der Waals surface area contributed by atoms with E-state index in [1.165, 1.54) is 5.52 Å². The molecule has 3 aromatic rings. The summed E-state index contributed by atoms with van der Waals surface area (Å²) in [6.07, 6.45) is 0.969. The number of aryl methyl sites for hydroxylation is 2. The van der Waals surface area contributed by atoms with Crippen molar-refractivity contribution in [2.45, 2.75) is 18.7 Å². The highest BCUT2D eigenvalue weighted by Gasteiger charge is 2.21. The van der Waals surface area contributed by atoms with Gasteiger partial charge in [-0.3, -0.25) is 9.69 Å². The van der Waals surface area contributed by atoms with Crippen LogP contribution in [0.15, 0.2) is 35.1 Å². The van der Waals surface area contributed by atoms with Gasteiger partial charge in [-0.2, -0.15) is 16.9 Å². The summed E-state index contributed by atoms with van der Waals surface area (Å²) in [6, 6.07) is 10.1. The van der Waals surface area contributed by atoms with Crippen molar-refractivity contribution in [1.29, 1.82) is 0 Å². The van der Waals surface area contributed by atoms with Gasteiger partial charge in [0.05, 0.1) is 23.3 Å². The molecule has 2 aromatic heterocycles. The Labute approximate surface area is 174 Å². The fourth-order valence-corrected chi connectivity index (χ4v) is 5.19. The summed E-state index contributed by atoms with van der Waals surface area (Å²) in [5, 5.41) is 4.64. The lowest BCUT2D eigenvalue weighted by Gasteiger charge is -2.35. The molecule has 1 saturated heterocycles. The van der Waals surface area contributed by atoms with E-state index in [2.05, 4.69) is 44.7 Å². The van der Waals surface area contributed by atoms with Gasteiger partial charge in [0.1, 0.15) is 0 Å². The van der Waals surface area contributed by atoms with E-state index < -0.39 is 0 Å².